The van der Waals surface area contributed by atoms with Crippen molar-refractivity contribution in [2.24, 2.45) is 0 Å². The van der Waals surface area contributed by atoms with Gasteiger partial charge in [-0.05, 0) is 0 Å². The van der Waals surface area contributed by atoms with Gasteiger partial charge in [-0.3, -0.25) is 0 Å². The van der Waals surface area contributed by atoms with Gasteiger partial charge in [-0.25, -0.2) is 4.98 Å². The highest BCUT2D eigenvalue weighted by molar-refractivity contribution is 7.15. The third kappa shape index (κ3) is 3.18. The van der Waals surface area contributed by atoms with E-state index in [-0.39, 0.29) is 0 Å². The summed E-state index contributed by atoms with van der Waals surface area (Å²) in [6.45, 7) is 1.51. The summed E-state index contributed by atoms with van der Waals surface area (Å²) in [5.74, 6) is 0.703. The van der Waals surface area contributed by atoms with E-state index in [0.29, 0.717) is 5.88 Å². The molecular weight excluding hydrogens is 268 g/mol. The molecule has 5 nitrogen and oxygen atoms in total. The summed E-state index contributed by atoms with van der Waals surface area (Å²) in [5.41, 5.74) is 2.91. The largest absolute Gasteiger partial charge is 0.480 e. The molecule has 0 bridgehead atoms. The number of nitrogens with zero attached hydrogens (tertiary/aromatic N) is 3. The van der Waals surface area contributed by atoms with Crippen LogP contribution in [-0.2, 0) is 13.1 Å². The number of rotatable bonds is 6. The minimum atomic E-state index is 0.703. The molecular formula is C11H16N4OS2. The number of aromatic nitrogens is 2. The topological polar surface area (TPSA) is 50.3 Å². The number of hydrogen-bond acceptors (Lipinski definition) is 7. The van der Waals surface area contributed by atoms with Crippen LogP contribution >= 0.6 is 22.7 Å². The van der Waals surface area contributed by atoms with Crippen LogP contribution in [0.25, 0.3) is 0 Å². The molecule has 2 heterocycles. The zero-order valence-electron chi connectivity index (χ0n) is 10.6. The first-order chi connectivity index (χ1) is 8.70. The van der Waals surface area contributed by atoms with E-state index in [0.717, 1.165) is 28.8 Å². The lowest BCUT2D eigenvalue weighted by Gasteiger charge is -2.04. The molecule has 1 N–H and O–H groups in total. The Morgan fingerprint density at radius 2 is 2.22 bits per heavy atom. The van der Waals surface area contributed by atoms with Crippen LogP contribution in [0.1, 0.15) is 10.6 Å². The van der Waals surface area contributed by atoms with Gasteiger partial charge in [0.05, 0.1) is 23.2 Å². The molecule has 0 amide bonds. The molecule has 0 saturated carbocycles. The van der Waals surface area contributed by atoms with Crippen LogP contribution in [0.15, 0.2) is 10.9 Å². The molecule has 18 heavy (non-hydrogen) atoms. The average Bonchev–Trinajstić information content (AvgIpc) is 2.97. The molecule has 0 aromatic carbocycles. The summed E-state index contributed by atoms with van der Waals surface area (Å²) in [7, 11) is 5.61. The fourth-order valence-electron chi connectivity index (χ4n) is 1.42. The molecule has 2 aromatic heterocycles. The molecule has 0 unspecified atom stereocenters. The molecule has 0 aliphatic heterocycles. The van der Waals surface area contributed by atoms with Gasteiger partial charge in [0.2, 0.25) is 5.88 Å². The summed E-state index contributed by atoms with van der Waals surface area (Å²) in [4.78, 5) is 11.7. The fraction of sp³-hybridized carbons (Fsp3) is 0.455. The summed E-state index contributed by atoms with van der Waals surface area (Å²) < 4.78 is 5.28. The molecule has 0 aliphatic rings. The second kappa shape index (κ2) is 6.12. The number of thiazole rings is 2. The van der Waals surface area contributed by atoms with Gasteiger partial charge in [-0.2, -0.15) is 4.98 Å². The lowest BCUT2D eigenvalue weighted by atomic mass is 10.4. The quantitative estimate of drug-likeness (QED) is 0.879. The van der Waals surface area contributed by atoms with E-state index < -0.39 is 0 Å². The van der Waals surface area contributed by atoms with Crippen molar-refractivity contribution < 1.29 is 4.74 Å². The Kier molecular flexibility index (Phi) is 4.51. The van der Waals surface area contributed by atoms with Crippen molar-refractivity contribution in [3.63, 3.8) is 0 Å². The van der Waals surface area contributed by atoms with Crippen LogP contribution in [0.3, 0.4) is 0 Å². The van der Waals surface area contributed by atoms with Gasteiger partial charge < -0.3 is 15.0 Å². The van der Waals surface area contributed by atoms with Gasteiger partial charge in [0.15, 0.2) is 5.13 Å². The van der Waals surface area contributed by atoms with E-state index in [4.69, 9.17) is 4.74 Å². The number of anilines is 1. The first kappa shape index (κ1) is 13.3. The predicted octanol–water partition coefficient (Wildman–Crippen LogP) is 1.96. The Balaban J connectivity index is 1.95. The van der Waals surface area contributed by atoms with Crippen molar-refractivity contribution in [2.75, 3.05) is 26.1 Å². The smallest absolute Gasteiger partial charge is 0.230 e. The van der Waals surface area contributed by atoms with Gasteiger partial charge >= 0.3 is 0 Å². The monoisotopic (exact) mass is 284 g/mol. The number of hydrogen-bond donors (Lipinski definition) is 1. The molecule has 0 atom stereocenters. The lowest BCUT2D eigenvalue weighted by molar-refractivity contribution is 0.394. The van der Waals surface area contributed by atoms with Gasteiger partial charge in [0.1, 0.15) is 0 Å². The normalized spacial score (nSPS) is 10.6. The van der Waals surface area contributed by atoms with E-state index in [1.165, 1.54) is 0 Å². The van der Waals surface area contributed by atoms with Crippen molar-refractivity contribution in [1.82, 2.24) is 15.3 Å². The Morgan fingerprint density at radius 3 is 2.83 bits per heavy atom. The number of ether oxygens (including phenoxy) is 1. The van der Waals surface area contributed by atoms with Crippen LogP contribution in [0.5, 0.6) is 5.88 Å². The maximum Gasteiger partial charge on any atom is 0.230 e. The zero-order chi connectivity index (χ0) is 13.0. The molecule has 98 valence electrons. The number of methoxy groups -OCH3 is 1. The minimum Gasteiger partial charge on any atom is -0.480 e. The minimum absolute atomic E-state index is 0.703. The third-order valence-corrected chi connectivity index (χ3v) is 4.14. The first-order valence-electron chi connectivity index (χ1n) is 5.49. The maximum absolute atomic E-state index is 5.28. The second-order valence-corrected chi connectivity index (χ2v) is 5.69. The Labute approximate surface area is 114 Å². The predicted molar refractivity (Wildman–Crippen MR) is 75.7 cm³/mol. The Morgan fingerprint density at radius 1 is 1.39 bits per heavy atom. The van der Waals surface area contributed by atoms with Crippen LogP contribution in [0.4, 0.5) is 5.13 Å². The lowest BCUT2D eigenvalue weighted by Crippen LogP contribution is -2.12. The molecule has 0 spiro atoms. The summed E-state index contributed by atoms with van der Waals surface area (Å²) in [6.07, 6.45) is 0. The molecule has 0 saturated heterocycles. The van der Waals surface area contributed by atoms with E-state index in [1.807, 2.05) is 29.9 Å². The van der Waals surface area contributed by atoms with Crippen LogP contribution in [0, 0.1) is 0 Å². The highest BCUT2D eigenvalue weighted by Gasteiger charge is 2.12. The third-order valence-electron chi connectivity index (χ3n) is 2.30. The van der Waals surface area contributed by atoms with Gasteiger partial charge in [0.25, 0.3) is 0 Å². The van der Waals surface area contributed by atoms with E-state index in [2.05, 4.69) is 15.3 Å². The second-order valence-electron chi connectivity index (χ2n) is 3.91. The highest BCUT2D eigenvalue weighted by atomic mass is 32.1. The molecule has 2 aromatic rings. The van der Waals surface area contributed by atoms with Gasteiger partial charge in [-0.1, -0.05) is 11.3 Å². The van der Waals surface area contributed by atoms with Crippen molar-refractivity contribution in [3.05, 3.63) is 21.5 Å². The molecule has 0 fully saturated rings. The van der Waals surface area contributed by atoms with Gasteiger partial charge in [0, 0.05) is 32.6 Å². The van der Waals surface area contributed by atoms with Crippen molar-refractivity contribution in [3.8, 4) is 5.88 Å². The van der Waals surface area contributed by atoms with E-state index in [1.54, 1.807) is 29.8 Å². The van der Waals surface area contributed by atoms with Crippen molar-refractivity contribution >= 4 is 27.8 Å². The zero-order valence-corrected chi connectivity index (χ0v) is 12.3. The van der Waals surface area contributed by atoms with Crippen LogP contribution in [0.2, 0.25) is 0 Å². The maximum atomic E-state index is 5.28. The standard InChI is InChI=1S/C11H16N4OS2/c1-15(2)11-14-10(16-3)9(18-11)5-12-4-8-6-17-7-13-8/h6-7,12H,4-5H2,1-3H3. The average molecular weight is 284 g/mol. The van der Waals surface area contributed by atoms with Crippen LogP contribution < -0.4 is 15.0 Å². The fourth-order valence-corrected chi connectivity index (χ4v) is 2.90. The van der Waals surface area contributed by atoms with E-state index in [9.17, 15) is 0 Å². The SMILES string of the molecule is COc1nc(N(C)C)sc1CNCc1cscn1. The van der Waals surface area contributed by atoms with Gasteiger partial charge in [-0.15, -0.1) is 11.3 Å². The summed E-state index contributed by atoms with van der Waals surface area (Å²) in [6, 6.07) is 0. The highest BCUT2D eigenvalue weighted by Crippen LogP contribution is 2.30. The van der Waals surface area contributed by atoms with Crippen molar-refractivity contribution in [2.45, 2.75) is 13.1 Å². The number of nitrogens with one attached hydrogen (secondary N) is 1. The molecule has 7 heteroatoms. The van der Waals surface area contributed by atoms with Crippen LogP contribution in [-0.4, -0.2) is 31.2 Å². The molecule has 0 aliphatic carbocycles. The van der Waals surface area contributed by atoms with E-state index >= 15 is 0 Å². The summed E-state index contributed by atoms with van der Waals surface area (Å²) >= 11 is 3.25. The molecule has 2 rings (SSSR count). The Bertz CT molecular complexity index is 481. The first-order valence-corrected chi connectivity index (χ1v) is 7.25. The summed E-state index contributed by atoms with van der Waals surface area (Å²) in [5, 5.41) is 6.35. The Hall–Kier alpha value is -1.18. The molecule has 0 radical (unpaired) electrons. The van der Waals surface area contributed by atoms with Crippen molar-refractivity contribution in [1.29, 1.82) is 0 Å².